The van der Waals surface area contributed by atoms with E-state index in [0.717, 1.165) is 5.56 Å². The van der Waals surface area contributed by atoms with Crippen LogP contribution >= 0.6 is 23.2 Å². The summed E-state index contributed by atoms with van der Waals surface area (Å²) in [4.78, 5) is 15.0. The van der Waals surface area contributed by atoms with Crippen LogP contribution in [0.5, 0.6) is 0 Å². The molecule has 17 heavy (non-hydrogen) atoms. The minimum absolute atomic E-state index is 0.0672. The van der Waals surface area contributed by atoms with Crippen LogP contribution in [-0.2, 0) is 11.3 Å². The molecule has 0 fully saturated rings. The summed E-state index contributed by atoms with van der Waals surface area (Å²) in [6, 6.07) is 5.38. The van der Waals surface area contributed by atoms with Gasteiger partial charge in [0, 0.05) is 30.7 Å². The van der Waals surface area contributed by atoms with Gasteiger partial charge in [-0.2, -0.15) is 0 Å². The van der Waals surface area contributed by atoms with Crippen LogP contribution in [-0.4, -0.2) is 43.4 Å². The number of rotatable bonds is 4. The number of carbonyl (C=O) groups excluding carboxylic acids is 1. The summed E-state index contributed by atoms with van der Waals surface area (Å²) in [5.74, 6) is 0.0672. The number of likely N-dealkylation sites (N-methyl/N-ethyl adjacent to an activating group) is 2. The van der Waals surface area contributed by atoms with Crippen LogP contribution < -0.4 is 0 Å². The summed E-state index contributed by atoms with van der Waals surface area (Å²) in [7, 11) is 5.36. The molecule has 0 heterocycles. The van der Waals surface area contributed by atoms with Gasteiger partial charge in [0.25, 0.3) is 0 Å². The van der Waals surface area contributed by atoms with Gasteiger partial charge in [-0.05, 0) is 24.7 Å². The zero-order valence-corrected chi connectivity index (χ0v) is 11.7. The second-order valence-corrected chi connectivity index (χ2v) is 5.04. The summed E-state index contributed by atoms with van der Waals surface area (Å²) < 4.78 is 0. The van der Waals surface area contributed by atoms with Crippen molar-refractivity contribution in [3.05, 3.63) is 33.8 Å². The fourth-order valence-corrected chi connectivity index (χ4v) is 1.84. The van der Waals surface area contributed by atoms with Crippen LogP contribution in [0.25, 0.3) is 0 Å². The van der Waals surface area contributed by atoms with Gasteiger partial charge in [-0.3, -0.25) is 9.69 Å². The summed E-state index contributed by atoms with van der Waals surface area (Å²) in [6.07, 6.45) is 0. The maximum atomic E-state index is 11.5. The third-order valence-electron chi connectivity index (χ3n) is 2.36. The van der Waals surface area contributed by atoms with Crippen molar-refractivity contribution >= 4 is 29.1 Å². The largest absolute Gasteiger partial charge is 0.348 e. The maximum absolute atomic E-state index is 11.5. The molecular weight excluding hydrogens is 259 g/mol. The van der Waals surface area contributed by atoms with Gasteiger partial charge in [-0.25, -0.2) is 0 Å². The molecule has 5 heteroatoms. The average Bonchev–Trinajstić information content (AvgIpc) is 2.22. The molecule has 94 valence electrons. The molecular formula is C12H16Cl2N2O. The van der Waals surface area contributed by atoms with Crippen LogP contribution in [0, 0.1) is 0 Å². The zero-order chi connectivity index (χ0) is 13.0. The molecule has 0 spiro atoms. The fourth-order valence-electron chi connectivity index (χ4n) is 1.37. The van der Waals surface area contributed by atoms with E-state index in [1.807, 2.05) is 18.0 Å². The van der Waals surface area contributed by atoms with E-state index in [1.54, 1.807) is 31.1 Å². The Labute approximate surface area is 112 Å². The van der Waals surface area contributed by atoms with E-state index in [2.05, 4.69) is 0 Å². The van der Waals surface area contributed by atoms with Crippen molar-refractivity contribution in [2.75, 3.05) is 27.7 Å². The van der Waals surface area contributed by atoms with Crippen molar-refractivity contribution in [3.8, 4) is 0 Å². The normalized spacial score (nSPS) is 10.7. The molecule has 0 radical (unpaired) electrons. The molecule has 0 aliphatic rings. The molecule has 0 aliphatic heterocycles. The van der Waals surface area contributed by atoms with E-state index in [1.165, 1.54) is 0 Å². The molecule has 1 aromatic carbocycles. The monoisotopic (exact) mass is 274 g/mol. The van der Waals surface area contributed by atoms with Gasteiger partial charge in [0.05, 0.1) is 6.54 Å². The van der Waals surface area contributed by atoms with Crippen LogP contribution in [0.3, 0.4) is 0 Å². The first-order valence-corrected chi connectivity index (χ1v) is 5.98. The predicted octanol–water partition coefficient (Wildman–Crippen LogP) is 2.51. The second kappa shape index (κ2) is 6.24. The Morgan fingerprint density at radius 3 is 2.41 bits per heavy atom. The highest BCUT2D eigenvalue weighted by Crippen LogP contribution is 2.21. The Kier molecular flexibility index (Phi) is 5.25. The van der Waals surface area contributed by atoms with Crippen LogP contribution in [0.1, 0.15) is 5.56 Å². The Balaban J connectivity index is 2.62. The molecule has 0 atom stereocenters. The Hall–Kier alpha value is -0.770. The van der Waals surface area contributed by atoms with Gasteiger partial charge in [0.2, 0.25) is 5.91 Å². The number of hydrogen-bond acceptors (Lipinski definition) is 2. The smallest absolute Gasteiger partial charge is 0.236 e. The van der Waals surface area contributed by atoms with Gasteiger partial charge in [-0.15, -0.1) is 0 Å². The standard InChI is InChI=1S/C12H16Cl2N2O/c1-15(2)12(17)8-16(3)7-9-4-5-10(13)6-11(9)14/h4-6H,7-8H2,1-3H3. The molecule has 0 N–H and O–H groups in total. The van der Waals surface area contributed by atoms with Crippen molar-refractivity contribution < 1.29 is 4.79 Å². The first kappa shape index (κ1) is 14.3. The SMILES string of the molecule is CN(CC(=O)N(C)C)Cc1ccc(Cl)cc1Cl. The lowest BCUT2D eigenvalue weighted by Gasteiger charge is -2.19. The number of nitrogens with zero attached hydrogens (tertiary/aromatic N) is 2. The lowest BCUT2D eigenvalue weighted by Crippen LogP contribution is -2.34. The van der Waals surface area contributed by atoms with Gasteiger partial charge in [0.1, 0.15) is 0 Å². The lowest BCUT2D eigenvalue weighted by molar-refractivity contribution is -0.129. The van der Waals surface area contributed by atoms with Crippen LogP contribution in [0.2, 0.25) is 10.0 Å². The topological polar surface area (TPSA) is 23.6 Å². The average molecular weight is 275 g/mol. The van der Waals surface area contributed by atoms with Gasteiger partial charge >= 0.3 is 0 Å². The molecule has 1 rings (SSSR count). The number of benzene rings is 1. The lowest BCUT2D eigenvalue weighted by atomic mass is 10.2. The molecule has 3 nitrogen and oxygen atoms in total. The Bertz CT molecular complexity index is 407. The predicted molar refractivity (Wildman–Crippen MR) is 71.5 cm³/mol. The Morgan fingerprint density at radius 2 is 1.88 bits per heavy atom. The highest BCUT2D eigenvalue weighted by Gasteiger charge is 2.10. The van der Waals surface area contributed by atoms with Gasteiger partial charge in [0.15, 0.2) is 0 Å². The summed E-state index contributed by atoms with van der Waals surface area (Å²) in [5, 5.41) is 1.24. The first-order chi connectivity index (χ1) is 7.90. The minimum Gasteiger partial charge on any atom is -0.348 e. The summed E-state index contributed by atoms with van der Waals surface area (Å²) >= 11 is 11.9. The molecule has 0 unspecified atom stereocenters. The van der Waals surface area contributed by atoms with Crippen molar-refractivity contribution in [3.63, 3.8) is 0 Å². The van der Waals surface area contributed by atoms with Crippen molar-refractivity contribution in [2.24, 2.45) is 0 Å². The molecule has 0 bridgehead atoms. The third-order valence-corrected chi connectivity index (χ3v) is 2.95. The summed E-state index contributed by atoms with van der Waals surface area (Å²) in [6.45, 7) is 0.988. The van der Waals surface area contributed by atoms with Crippen LogP contribution in [0.4, 0.5) is 0 Å². The Morgan fingerprint density at radius 1 is 1.24 bits per heavy atom. The molecule has 0 aliphatic carbocycles. The number of halogens is 2. The van der Waals surface area contributed by atoms with Crippen molar-refractivity contribution in [1.29, 1.82) is 0 Å². The maximum Gasteiger partial charge on any atom is 0.236 e. The fraction of sp³-hybridized carbons (Fsp3) is 0.417. The molecule has 1 aromatic rings. The highest BCUT2D eigenvalue weighted by atomic mass is 35.5. The van der Waals surface area contributed by atoms with Crippen molar-refractivity contribution in [1.82, 2.24) is 9.80 Å². The van der Waals surface area contributed by atoms with E-state index in [-0.39, 0.29) is 5.91 Å². The van der Waals surface area contributed by atoms with Gasteiger partial charge < -0.3 is 4.90 Å². The van der Waals surface area contributed by atoms with Crippen molar-refractivity contribution in [2.45, 2.75) is 6.54 Å². The van der Waals surface area contributed by atoms with E-state index < -0.39 is 0 Å². The van der Waals surface area contributed by atoms with E-state index in [4.69, 9.17) is 23.2 Å². The van der Waals surface area contributed by atoms with E-state index >= 15 is 0 Å². The van der Waals surface area contributed by atoms with E-state index in [9.17, 15) is 4.79 Å². The number of carbonyl (C=O) groups is 1. The third kappa shape index (κ3) is 4.54. The molecule has 0 aromatic heterocycles. The van der Waals surface area contributed by atoms with Crippen LogP contribution in [0.15, 0.2) is 18.2 Å². The number of hydrogen-bond donors (Lipinski definition) is 0. The highest BCUT2D eigenvalue weighted by molar-refractivity contribution is 6.35. The quantitative estimate of drug-likeness (QED) is 0.843. The zero-order valence-electron chi connectivity index (χ0n) is 10.2. The second-order valence-electron chi connectivity index (χ2n) is 4.20. The minimum atomic E-state index is 0.0672. The molecule has 0 saturated heterocycles. The number of amides is 1. The van der Waals surface area contributed by atoms with Gasteiger partial charge in [-0.1, -0.05) is 29.3 Å². The molecule has 1 amide bonds. The molecule has 0 saturated carbocycles. The van der Waals surface area contributed by atoms with E-state index in [0.29, 0.717) is 23.1 Å². The summed E-state index contributed by atoms with van der Waals surface area (Å²) in [5.41, 5.74) is 0.963. The first-order valence-electron chi connectivity index (χ1n) is 5.22.